The number of benzene rings is 1. The van der Waals surface area contributed by atoms with Gasteiger partial charge in [0.1, 0.15) is 0 Å². The van der Waals surface area contributed by atoms with Crippen molar-refractivity contribution in [3.8, 4) is 0 Å². The van der Waals surface area contributed by atoms with Crippen LogP contribution >= 0.6 is 0 Å². The molecule has 178 valence electrons. The molecule has 0 spiro atoms. The monoisotopic (exact) mass is 459 g/mol. The molecule has 0 amide bonds. The van der Waals surface area contributed by atoms with Crippen molar-refractivity contribution < 1.29 is 0 Å². The van der Waals surface area contributed by atoms with Crippen LogP contribution in [0, 0.1) is 6.92 Å². The van der Waals surface area contributed by atoms with Gasteiger partial charge in [-0.25, -0.2) is 4.68 Å². The molecule has 3 aromatic heterocycles. The lowest BCUT2D eigenvalue weighted by atomic mass is 10.0. The number of fused-ring (bicyclic) bond motifs is 1. The third-order valence-corrected chi connectivity index (χ3v) is 6.62. The van der Waals surface area contributed by atoms with E-state index >= 15 is 0 Å². The largest absolute Gasteiger partial charge is 0.322 e. The smallest absolute Gasteiger partial charge is 0.252 e. The molecular formula is C26H33N7O. The summed E-state index contributed by atoms with van der Waals surface area (Å²) in [4.78, 5) is 22.7. The van der Waals surface area contributed by atoms with Gasteiger partial charge in [0.15, 0.2) is 5.82 Å². The third-order valence-electron chi connectivity index (χ3n) is 6.62. The van der Waals surface area contributed by atoms with Crippen LogP contribution in [0.1, 0.15) is 69.1 Å². The van der Waals surface area contributed by atoms with E-state index in [1.807, 2.05) is 35.1 Å². The Morgan fingerprint density at radius 1 is 1.15 bits per heavy atom. The molecule has 0 saturated carbocycles. The van der Waals surface area contributed by atoms with Crippen molar-refractivity contribution in [3.05, 3.63) is 81.7 Å². The van der Waals surface area contributed by atoms with Crippen LogP contribution in [0.4, 0.5) is 0 Å². The molecule has 0 saturated heterocycles. The summed E-state index contributed by atoms with van der Waals surface area (Å²) in [5.41, 5.74) is 3.50. The molecule has 0 fully saturated rings. The Kier molecular flexibility index (Phi) is 6.88. The van der Waals surface area contributed by atoms with E-state index in [1.54, 1.807) is 6.20 Å². The molecule has 8 nitrogen and oxygen atoms in total. The minimum Gasteiger partial charge on any atom is -0.322 e. The average molecular weight is 460 g/mol. The second kappa shape index (κ2) is 9.85. The normalized spacial score (nSPS) is 13.0. The van der Waals surface area contributed by atoms with Gasteiger partial charge in [-0.1, -0.05) is 31.5 Å². The summed E-state index contributed by atoms with van der Waals surface area (Å²) in [5, 5.41) is 13.8. The maximum atomic E-state index is 13.0. The number of H-pyrrole nitrogens is 1. The number of aryl methyl sites for hydroxylation is 1. The van der Waals surface area contributed by atoms with E-state index in [-0.39, 0.29) is 17.1 Å². The molecular weight excluding hydrogens is 426 g/mol. The zero-order valence-corrected chi connectivity index (χ0v) is 20.6. The first-order chi connectivity index (χ1) is 16.3. The fourth-order valence-corrected chi connectivity index (χ4v) is 4.30. The highest BCUT2D eigenvalue weighted by atomic mass is 16.1. The second-order valence-corrected chi connectivity index (χ2v) is 9.52. The Bertz CT molecular complexity index is 1310. The van der Waals surface area contributed by atoms with Crippen molar-refractivity contribution in [2.45, 2.75) is 72.1 Å². The predicted octanol–water partition coefficient (Wildman–Crippen LogP) is 4.52. The van der Waals surface area contributed by atoms with Gasteiger partial charge in [0.05, 0.1) is 11.6 Å². The van der Waals surface area contributed by atoms with Crippen LogP contribution in [0.3, 0.4) is 0 Å². The Labute approximate surface area is 200 Å². The van der Waals surface area contributed by atoms with Crippen LogP contribution in [0.15, 0.2) is 53.6 Å². The van der Waals surface area contributed by atoms with Gasteiger partial charge in [-0.2, -0.15) is 0 Å². The molecule has 1 atom stereocenters. The number of hydrogen-bond acceptors (Lipinski definition) is 6. The minimum atomic E-state index is -0.218. The van der Waals surface area contributed by atoms with Crippen LogP contribution in [0.2, 0.25) is 0 Å². The molecule has 0 radical (unpaired) electrons. The van der Waals surface area contributed by atoms with Crippen molar-refractivity contribution in [1.82, 2.24) is 35.1 Å². The minimum absolute atomic E-state index is 0.0733. The molecule has 4 aromatic rings. The number of tetrazole rings is 1. The van der Waals surface area contributed by atoms with Gasteiger partial charge in [-0.05, 0) is 79.3 Å². The molecule has 1 aromatic carbocycles. The van der Waals surface area contributed by atoms with Crippen molar-refractivity contribution in [1.29, 1.82) is 0 Å². The summed E-state index contributed by atoms with van der Waals surface area (Å²) in [5.74, 6) is 0.811. The zero-order chi connectivity index (χ0) is 24.3. The molecule has 0 aliphatic carbocycles. The van der Waals surface area contributed by atoms with Gasteiger partial charge in [0.25, 0.3) is 5.56 Å². The van der Waals surface area contributed by atoms with Gasteiger partial charge in [0, 0.05) is 36.6 Å². The number of hydrogen-bond donors (Lipinski definition) is 1. The van der Waals surface area contributed by atoms with Crippen molar-refractivity contribution in [2.24, 2.45) is 0 Å². The highest BCUT2D eigenvalue weighted by Gasteiger charge is 2.31. The molecule has 0 aliphatic heterocycles. The molecule has 4 rings (SSSR count). The summed E-state index contributed by atoms with van der Waals surface area (Å²) in [6.07, 6.45) is 5.33. The lowest BCUT2D eigenvalue weighted by Gasteiger charge is -2.33. The van der Waals surface area contributed by atoms with Crippen LogP contribution in [0.25, 0.3) is 10.9 Å². The van der Waals surface area contributed by atoms with Crippen LogP contribution in [0.5, 0.6) is 0 Å². The molecule has 3 heterocycles. The summed E-state index contributed by atoms with van der Waals surface area (Å²) in [7, 11) is 0. The number of aromatic nitrogens is 6. The van der Waals surface area contributed by atoms with Crippen LogP contribution in [-0.4, -0.2) is 35.1 Å². The molecule has 34 heavy (non-hydrogen) atoms. The van der Waals surface area contributed by atoms with Gasteiger partial charge < -0.3 is 4.98 Å². The topological polar surface area (TPSA) is 92.6 Å². The third kappa shape index (κ3) is 4.92. The Balaban J connectivity index is 1.77. The van der Waals surface area contributed by atoms with E-state index in [4.69, 9.17) is 0 Å². The highest BCUT2D eigenvalue weighted by molar-refractivity contribution is 5.79. The molecule has 0 bridgehead atoms. The Morgan fingerprint density at radius 3 is 2.68 bits per heavy atom. The van der Waals surface area contributed by atoms with Gasteiger partial charge in [-0.3, -0.25) is 14.7 Å². The Morgan fingerprint density at radius 2 is 1.97 bits per heavy atom. The van der Waals surface area contributed by atoms with Crippen molar-refractivity contribution in [3.63, 3.8) is 0 Å². The van der Waals surface area contributed by atoms with E-state index in [9.17, 15) is 4.79 Å². The summed E-state index contributed by atoms with van der Waals surface area (Å²) in [6.45, 7) is 11.7. The van der Waals surface area contributed by atoms with Crippen molar-refractivity contribution >= 4 is 10.9 Å². The summed E-state index contributed by atoms with van der Waals surface area (Å²) < 4.78 is 1.94. The lowest BCUT2D eigenvalue weighted by Crippen LogP contribution is -2.36. The van der Waals surface area contributed by atoms with Gasteiger partial charge in [-0.15, -0.1) is 5.10 Å². The fourth-order valence-electron chi connectivity index (χ4n) is 4.30. The maximum absolute atomic E-state index is 13.0. The van der Waals surface area contributed by atoms with E-state index in [0.29, 0.717) is 18.7 Å². The SMILES string of the molecule is CCC(c1nnnn1C(C)(C)CC)N(Cc1cccnc1)Cc1cc2cc(C)ccc2[nH]c1=O. The van der Waals surface area contributed by atoms with Gasteiger partial charge >= 0.3 is 0 Å². The maximum Gasteiger partial charge on any atom is 0.252 e. The van der Waals surface area contributed by atoms with E-state index in [1.165, 1.54) is 0 Å². The first-order valence-electron chi connectivity index (χ1n) is 11.9. The van der Waals surface area contributed by atoms with Crippen LogP contribution < -0.4 is 5.56 Å². The molecule has 1 unspecified atom stereocenters. The summed E-state index contributed by atoms with van der Waals surface area (Å²) >= 11 is 0. The standard InChI is InChI=1S/C26H33N7O/c1-6-23(24-29-30-31-33(24)26(4,5)7-2)32(16-19-9-8-12-27-15-19)17-21-14-20-13-18(3)10-11-22(20)28-25(21)34/h8-15,23H,6-7,16-17H2,1-5H3,(H,28,34). The van der Waals surface area contributed by atoms with Gasteiger partial charge in [0.2, 0.25) is 0 Å². The molecule has 8 heteroatoms. The van der Waals surface area contributed by atoms with Crippen molar-refractivity contribution in [2.75, 3.05) is 0 Å². The highest BCUT2D eigenvalue weighted by Crippen LogP contribution is 2.30. The average Bonchev–Trinajstić information content (AvgIpc) is 3.31. The zero-order valence-electron chi connectivity index (χ0n) is 20.6. The number of nitrogens with zero attached hydrogens (tertiary/aromatic N) is 6. The summed E-state index contributed by atoms with van der Waals surface area (Å²) in [6, 6.07) is 12.0. The second-order valence-electron chi connectivity index (χ2n) is 9.52. The predicted molar refractivity (Wildman–Crippen MR) is 133 cm³/mol. The quantitative estimate of drug-likeness (QED) is 0.396. The number of aromatic amines is 1. The van der Waals surface area contributed by atoms with Crippen LogP contribution in [-0.2, 0) is 18.6 Å². The first kappa shape index (κ1) is 23.8. The lowest BCUT2D eigenvalue weighted by molar-refractivity contribution is 0.150. The Hall–Kier alpha value is -3.39. The number of rotatable bonds is 9. The first-order valence-corrected chi connectivity index (χ1v) is 11.9. The number of pyridine rings is 2. The van der Waals surface area contributed by atoms with E-state index < -0.39 is 0 Å². The number of nitrogens with one attached hydrogen (secondary N) is 1. The van der Waals surface area contributed by atoms with E-state index in [0.717, 1.165) is 40.7 Å². The molecule has 0 aliphatic rings. The molecule has 1 N–H and O–H groups in total. The fraction of sp³-hybridized carbons (Fsp3) is 0.423. The van der Waals surface area contributed by atoms with E-state index in [2.05, 4.69) is 77.1 Å².